The van der Waals surface area contributed by atoms with Gasteiger partial charge in [0.05, 0.1) is 55.5 Å². The Labute approximate surface area is 453 Å². The van der Waals surface area contributed by atoms with Gasteiger partial charge in [0, 0.05) is 58.6 Å². The zero-order valence-electron chi connectivity index (χ0n) is 40.6. The molecule has 0 radical (unpaired) electrons. The van der Waals surface area contributed by atoms with Crippen LogP contribution in [0.2, 0.25) is 0 Å². The number of hydrogen-bond donors (Lipinski definition) is 0. The number of fused-ring (bicyclic) bond motifs is 5. The minimum atomic E-state index is -1.94. The maximum Gasteiger partial charge on any atom is 0.170 e. The van der Waals surface area contributed by atoms with Crippen molar-refractivity contribution in [2.45, 2.75) is 103 Å². The van der Waals surface area contributed by atoms with Gasteiger partial charge in [0.25, 0.3) is 0 Å². The molecule has 2 unspecified atom stereocenters. The number of rotatable bonds is 18. The first-order valence-corrected chi connectivity index (χ1v) is 32.7. The summed E-state index contributed by atoms with van der Waals surface area (Å²) in [5.74, 6) is -2.17. The van der Waals surface area contributed by atoms with E-state index in [1.54, 1.807) is 38.1 Å². The molecule has 73 heavy (non-hydrogen) atoms. The molecule has 0 N–H and O–H groups in total. The van der Waals surface area contributed by atoms with Crippen molar-refractivity contribution in [1.29, 1.82) is 0 Å². The molecule has 0 saturated heterocycles. The third-order valence-corrected chi connectivity index (χ3v) is 27.0. The molecule has 19 heteroatoms. The molecule has 380 valence electrons. The highest BCUT2D eigenvalue weighted by molar-refractivity contribution is 8.34. The van der Waals surface area contributed by atoms with Crippen molar-refractivity contribution in [3.05, 3.63) is 93.2 Å². The molecule has 8 aromatic heterocycles. The van der Waals surface area contributed by atoms with E-state index in [0.717, 1.165) is 116 Å². The van der Waals surface area contributed by atoms with E-state index in [9.17, 15) is 8.78 Å². The van der Waals surface area contributed by atoms with Crippen molar-refractivity contribution in [1.82, 2.24) is 17.5 Å². The van der Waals surface area contributed by atoms with Crippen LogP contribution in [0, 0.1) is 60.6 Å². The SMILES string of the molecule is CCCCC(CC)CS1(CC(CC)CCCC)c2cc(-c3c(F)c(F)c(-c4ccc(-c5cc(F)c(C)s5)s4)c4nsnc34)sc2-c2sc(-c3c(F)c(F)c(-c4ccc(-c5cc(F)c(C)s5)s4)c4nsnc34)cc21. The summed E-state index contributed by atoms with van der Waals surface area (Å²) in [5.41, 5.74) is 1.26. The van der Waals surface area contributed by atoms with Crippen LogP contribution in [-0.4, -0.2) is 29.0 Å². The molecule has 10 aromatic rings. The van der Waals surface area contributed by atoms with Gasteiger partial charge in [-0.2, -0.15) is 27.5 Å². The predicted octanol–water partition coefficient (Wildman–Crippen LogP) is 21.2. The highest BCUT2D eigenvalue weighted by Crippen LogP contribution is 2.77. The van der Waals surface area contributed by atoms with Gasteiger partial charge in [0.1, 0.15) is 33.7 Å². The van der Waals surface area contributed by atoms with Crippen LogP contribution in [0.5, 0.6) is 0 Å². The quantitative estimate of drug-likeness (QED) is 0.0804. The maximum atomic E-state index is 17.3. The molecule has 2 atom stereocenters. The molecule has 0 amide bonds. The minimum absolute atomic E-state index is 0.0308. The second kappa shape index (κ2) is 20.6. The first-order chi connectivity index (χ1) is 35.3. The minimum Gasteiger partial charge on any atom is -0.206 e. The Kier molecular flexibility index (Phi) is 14.5. The van der Waals surface area contributed by atoms with E-state index in [1.165, 1.54) is 80.2 Å². The summed E-state index contributed by atoms with van der Waals surface area (Å²) in [6.07, 6.45) is 8.29. The number of nitrogens with zero attached hydrogens (tertiary/aromatic N) is 4. The number of hydrogen-bond acceptors (Lipinski definition) is 12. The molecular formula is C54H48F6N4S9. The lowest BCUT2D eigenvalue weighted by atomic mass is 10.0. The van der Waals surface area contributed by atoms with Crippen LogP contribution in [0.25, 0.3) is 93.1 Å². The lowest BCUT2D eigenvalue weighted by Crippen LogP contribution is -2.21. The summed E-state index contributed by atoms with van der Waals surface area (Å²) in [6, 6.07) is 14.2. The van der Waals surface area contributed by atoms with E-state index >= 15 is 17.6 Å². The van der Waals surface area contributed by atoms with Gasteiger partial charge in [0.15, 0.2) is 23.3 Å². The van der Waals surface area contributed by atoms with E-state index in [1.807, 2.05) is 0 Å². The summed E-state index contributed by atoms with van der Waals surface area (Å²) in [6.45, 7) is 12.3. The summed E-state index contributed by atoms with van der Waals surface area (Å²) < 4.78 is 116. The van der Waals surface area contributed by atoms with Crippen LogP contribution < -0.4 is 0 Å². The molecule has 0 spiro atoms. The number of benzene rings is 2. The molecule has 0 saturated carbocycles. The molecular weight excluding hydrogens is 1110 g/mol. The maximum absolute atomic E-state index is 17.3. The molecule has 0 bridgehead atoms. The fourth-order valence-corrected chi connectivity index (χ4v) is 24.3. The summed E-state index contributed by atoms with van der Waals surface area (Å²) in [5, 5.41) is 0. The highest BCUT2D eigenvalue weighted by Gasteiger charge is 2.46. The Hall–Kier alpha value is -3.79. The van der Waals surface area contributed by atoms with Gasteiger partial charge < -0.3 is 0 Å². The number of unbranched alkanes of at least 4 members (excludes halogenated alkanes) is 2. The molecule has 0 fully saturated rings. The fraction of sp³-hybridized carbons (Fsp3) is 0.333. The van der Waals surface area contributed by atoms with E-state index in [2.05, 4.69) is 57.3 Å². The average molecular weight is 1160 g/mol. The van der Waals surface area contributed by atoms with Crippen molar-refractivity contribution in [2.75, 3.05) is 11.5 Å². The zero-order valence-corrected chi connectivity index (χ0v) is 47.9. The Morgan fingerprint density at radius 1 is 0.438 bits per heavy atom. The lowest BCUT2D eigenvalue weighted by Gasteiger charge is -2.42. The van der Waals surface area contributed by atoms with Crippen LogP contribution >= 0.6 is 102 Å². The summed E-state index contributed by atoms with van der Waals surface area (Å²) in [7, 11) is -1.94. The Bertz CT molecular complexity index is 3420. The predicted molar refractivity (Wildman–Crippen MR) is 303 cm³/mol. The molecule has 4 nitrogen and oxygen atoms in total. The van der Waals surface area contributed by atoms with Crippen molar-refractivity contribution < 1.29 is 26.3 Å². The number of aromatic nitrogens is 4. The van der Waals surface area contributed by atoms with E-state index in [4.69, 9.17) is 0 Å². The van der Waals surface area contributed by atoms with Gasteiger partial charge in [-0.25, -0.2) is 26.3 Å². The zero-order chi connectivity index (χ0) is 51.0. The number of halogens is 6. The lowest BCUT2D eigenvalue weighted by molar-refractivity contribution is 0.484. The van der Waals surface area contributed by atoms with Gasteiger partial charge in [-0.05, 0) is 98.6 Å². The molecule has 1 aliphatic heterocycles. The largest absolute Gasteiger partial charge is 0.206 e. The number of thiophene rings is 6. The van der Waals surface area contributed by atoms with Gasteiger partial charge >= 0.3 is 0 Å². The fourth-order valence-electron chi connectivity index (χ4n) is 10.2. The third-order valence-electron chi connectivity index (χ3n) is 14.2. The highest BCUT2D eigenvalue weighted by atomic mass is 32.3. The monoisotopic (exact) mass is 1150 g/mol. The van der Waals surface area contributed by atoms with Gasteiger partial charge in [-0.3, -0.25) is 0 Å². The first-order valence-electron chi connectivity index (χ1n) is 24.4. The van der Waals surface area contributed by atoms with Gasteiger partial charge in [-0.1, -0.05) is 66.2 Å². The molecule has 1 aliphatic rings. The van der Waals surface area contributed by atoms with Gasteiger partial charge in [0.2, 0.25) is 0 Å². The second-order valence-electron chi connectivity index (χ2n) is 18.7. The van der Waals surface area contributed by atoms with Crippen molar-refractivity contribution in [3.63, 3.8) is 0 Å². The average Bonchev–Trinajstić information content (AvgIpc) is 4.24. The number of aryl methyl sites for hydroxylation is 2. The second-order valence-corrected chi connectivity index (χ2v) is 29.8. The van der Waals surface area contributed by atoms with E-state index in [-0.39, 0.29) is 56.0 Å². The van der Waals surface area contributed by atoms with Crippen LogP contribution in [0.15, 0.2) is 58.3 Å². The molecule has 9 heterocycles. The Balaban J connectivity index is 1.09. The van der Waals surface area contributed by atoms with Crippen molar-refractivity contribution in [2.24, 2.45) is 11.8 Å². The standard InChI is InChI=1S/C54H48F6N4S9/c1-7-11-13-27(9-3)23-73(24-28(10-4)14-12-8-2)39-21-37(43-47(59)45(57)41(49-51(43)63-71-61-49)33-17-15-31(67-33)35-19-29(55)25(5)65-35)69-53(39)54-40(73)22-38(70-54)44-48(60)46(58)42(50-52(44)64-72-62-50)34-18-16-32(68-34)36-20-30(56)26(6)66-36/h15-22,27-28H,7-14,23-24H2,1-6H3. The van der Waals surface area contributed by atoms with Crippen LogP contribution in [-0.2, 0) is 0 Å². The Morgan fingerprint density at radius 2 is 0.795 bits per heavy atom. The van der Waals surface area contributed by atoms with Crippen molar-refractivity contribution >= 4 is 124 Å². The summed E-state index contributed by atoms with van der Waals surface area (Å²) >= 11 is 9.78. The third kappa shape index (κ3) is 8.81. The molecule has 2 aromatic carbocycles. The molecule has 0 aliphatic carbocycles. The summed E-state index contributed by atoms with van der Waals surface area (Å²) in [4.78, 5) is 10.2. The van der Waals surface area contributed by atoms with Crippen LogP contribution in [0.3, 0.4) is 0 Å². The molecule has 11 rings (SSSR count). The van der Waals surface area contributed by atoms with E-state index in [0.29, 0.717) is 50.9 Å². The normalized spacial score (nSPS) is 14.5. The topological polar surface area (TPSA) is 51.6 Å². The smallest absolute Gasteiger partial charge is 0.170 e. The van der Waals surface area contributed by atoms with Crippen molar-refractivity contribution in [3.8, 4) is 71.0 Å². The van der Waals surface area contributed by atoms with Crippen LogP contribution in [0.1, 0.15) is 88.8 Å². The first kappa shape index (κ1) is 51.3. The van der Waals surface area contributed by atoms with E-state index < -0.39 is 33.3 Å². The Morgan fingerprint density at radius 3 is 1.12 bits per heavy atom. The van der Waals surface area contributed by atoms with Crippen LogP contribution in [0.4, 0.5) is 26.3 Å². The van der Waals surface area contributed by atoms with Gasteiger partial charge in [-0.15, -0.1) is 68.0 Å².